The van der Waals surface area contributed by atoms with Gasteiger partial charge in [0.1, 0.15) is 5.69 Å². The van der Waals surface area contributed by atoms with E-state index in [4.69, 9.17) is 0 Å². The van der Waals surface area contributed by atoms with Gasteiger partial charge in [-0.15, -0.1) is 0 Å². The lowest BCUT2D eigenvalue weighted by atomic mass is 10.2. The average molecular weight is 294 g/mol. The number of carbonyl (C=O) groups excluding carboxylic acids is 1. The number of rotatable bonds is 2. The highest BCUT2D eigenvalue weighted by Gasteiger charge is 2.24. The highest BCUT2D eigenvalue weighted by Crippen LogP contribution is 2.26. The van der Waals surface area contributed by atoms with Gasteiger partial charge in [-0.05, 0) is 31.0 Å². The Labute approximate surface area is 128 Å². The van der Waals surface area contributed by atoms with Crippen molar-refractivity contribution < 1.29 is 4.79 Å². The van der Waals surface area contributed by atoms with Crippen LogP contribution in [0.25, 0.3) is 16.9 Å². The molecule has 0 saturated carbocycles. The molecule has 1 saturated heterocycles. The fourth-order valence-electron chi connectivity index (χ4n) is 3.16. The summed E-state index contributed by atoms with van der Waals surface area (Å²) >= 11 is 0. The number of fused-ring (bicyclic) bond motifs is 1. The van der Waals surface area contributed by atoms with Crippen molar-refractivity contribution in [3.8, 4) is 11.4 Å². The lowest BCUT2D eigenvalue weighted by Crippen LogP contribution is -2.27. The van der Waals surface area contributed by atoms with Gasteiger partial charge >= 0.3 is 0 Å². The van der Waals surface area contributed by atoms with E-state index < -0.39 is 0 Å². The maximum absolute atomic E-state index is 12.8. The molecule has 0 unspecified atom stereocenters. The van der Waals surface area contributed by atoms with E-state index >= 15 is 0 Å². The maximum Gasteiger partial charge on any atom is 0.256 e. The average Bonchev–Trinajstić information content (AvgIpc) is 3.25. The molecule has 0 bridgehead atoms. The van der Waals surface area contributed by atoms with Crippen LogP contribution in [-0.4, -0.2) is 37.8 Å². The lowest BCUT2D eigenvalue weighted by Gasteiger charge is -2.14. The van der Waals surface area contributed by atoms with E-state index in [0.29, 0.717) is 0 Å². The first-order valence-corrected chi connectivity index (χ1v) is 7.62. The Morgan fingerprint density at radius 3 is 2.77 bits per heavy atom. The summed E-state index contributed by atoms with van der Waals surface area (Å²) in [7, 11) is 1.95. The van der Waals surface area contributed by atoms with Gasteiger partial charge in [-0.2, -0.15) is 0 Å². The summed E-state index contributed by atoms with van der Waals surface area (Å²) in [5, 5.41) is 0. The number of nitrogens with zero attached hydrogens (tertiary/aromatic N) is 4. The molecule has 5 heteroatoms. The van der Waals surface area contributed by atoms with Gasteiger partial charge in [-0.3, -0.25) is 4.79 Å². The third kappa shape index (κ3) is 2.01. The molecule has 3 aromatic rings. The number of pyridine rings is 1. The molecule has 1 aliphatic rings. The third-order valence-corrected chi connectivity index (χ3v) is 4.27. The summed E-state index contributed by atoms with van der Waals surface area (Å²) in [5.74, 6) is 0.128. The minimum Gasteiger partial charge on any atom is -0.340 e. The largest absolute Gasteiger partial charge is 0.340 e. The molecule has 1 fully saturated rings. The van der Waals surface area contributed by atoms with Gasteiger partial charge in [0, 0.05) is 32.5 Å². The molecule has 22 heavy (non-hydrogen) atoms. The Hall–Kier alpha value is -2.56. The molecule has 1 aliphatic heterocycles. The van der Waals surface area contributed by atoms with Gasteiger partial charge in [0.05, 0.1) is 23.1 Å². The van der Waals surface area contributed by atoms with E-state index in [0.717, 1.165) is 48.4 Å². The zero-order chi connectivity index (χ0) is 15.1. The highest BCUT2D eigenvalue weighted by molar-refractivity contribution is 6.02. The van der Waals surface area contributed by atoms with Crippen molar-refractivity contribution in [1.82, 2.24) is 18.9 Å². The Kier molecular flexibility index (Phi) is 2.99. The fourth-order valence-corrected chi connectivity index (χ4v) is 3.16. The maximum atomic E-state index is 12.8. The van der Waals surface area contributed by atoms with Gasteiger partial charge < -0.3 is 13.9 Å². The number of amides is 1. The van der Waals surface area contributed by atoms with Gasteiger partial charge in [0.2, 0.25) is 0 Å². The molecule has 0 N–H and O–H groups in total. The number of aromatic nitrogens is 3. The second-order valence-corrected chi connectivity index (χ2v) is 5.82. The Morgan fingerprint density at radius 1 is 1.23 bits per heavy atom. The van der Waals surface area contributed by atoms with Crippen LogP contribution in [-0.2, 0) is 7.05 Å². The predicted octanol–water partition coefficient (Wildman–Crippen LogP) is 2.58. The van der Waals surface area contributed by atoms with Gasteiger partial charge in [0.25, 0.3) is 5.91 Å². The SMILES string of the molecule is Cn1cnc(-c2cc(C(=O)N3CCCC3)c3ccccn23)c1. The van der Waals surface area contributed by atoms with Crippen LogP contribution in [0.5, 0.6) is 0 Å². The first-order chi connectivity index (χ1) is 10.7. The molecule has 0 radical (unpaired) electrons. The summed E-state index contributed by atoms with van der Waals surface area (Å²) in [6.45, 7) is 1.73. The lowest BCUT2D eigenvalue weighted by molar-refractivity contribution is 0.0795. The fraction of sp³-hybridized carbons (Fsp3) is 0.294. The monoisotopic (exact) mass is 294 g/mol. The smallest absolute Gasteiger partial charge is 0.256 e. The highest BCUT2D eigenvalue weighted by atomic mass is 16.2. The van der Waals surface area contributed by atoms with Crippen LogP contribution in [0.3, 0.4) is 0 Å². The van der Waals surface area contributed by atoms with Gasteiger partial charge in [0.15, 0.2) is 0 Å². The molecule has 5 nitrogen and oxygen atoms in total. The molecule has 0 aromatic carbocycles. The van der Waals surface area contributed by atoms with Crippen molar-refractivity contribution in [2.75, 3.05) is 13.1 Å². The van der Waals surface area contributed by atoms with Crippen LogP contribution in [0, 0.1) is 0 Å². The second-order valence-electron chi connectivity index (χ2n) is 5.82. The number of hydrogen-bond acceptors (Lipinski definition) is 2. The van der Waals surface area contributed by atoms with Crippen molar-refractivity contribution in [3.63, 3.8) is 0 Å². The molecular formula is C17H18N4O. The number of likely N-dealkylation sites (tertiary alicyclic amines) is 1. The van der Waals surface area contributed by atoms with E-state index in [1.165, 1.54) is 0 Å². The van der Waals surface area contributed by atoms with Crippen LogP contribution in [0.2, 0.25) is 0 Å². The van der Waals surface area contributed by atoms with Crippen LogP contribution in [0.4, 0.5) is 0 Å². The minimum atomic E-state index is 0.128. The second kappa shape index (κ2) is 5.02. The standard InChI is InChI=1S/C17H18N4O/c1-19-11-14(18-12-19)16-10-13(15-6-2-3-9-21(15)16)17(22)20-7-4-5-8-20/h2-3,6,9-12H,4-5,7-8H2,1H3. The molecule has 4 rings (SSSR count). The molecule has 4 heterocycles. The molecule has 112 valence electrons. The molecule has 0 aliphatic carbocycles. The van der Waals surface area contributed by atoms with Gasteiger partial charge in [-0.1, -0.05) is 6.07 Å². The van der Waals surface area contributed by atoms with Crippen LogP contribution < -0.4 is 0 Å². The van der Waals surface area contributed by atoms with Crippen LogP contribution in [0.15, 0.2) is 43.0 Å². The third-order valence-electron chi connectivity index (χ3n) is 4.27. The van der Waals surface area contributed by atoms with E-state index in [1.807, 2.05) is 57.6 Å². The first-order valence-electron chi connectivity index (χ1n) is 7.62. The summed E-state index contributed by atoms with van der Waals surface area (Å²) in [4.78, 5) is 19.2. The number of carbonyl (C=O) groups is 1. The molecule has 3 aromatic heterocycles. The normalized spacial score (nSPS) is 14.9. The summed E-state index contributed by atoms with van der Waals surface area (Å²) in [5.41, 5.74) is 3.55. The zero-order valence-electron chi connectivity index (χ0n) is 12.6. The van der Waals surface area contributed by atoms with Crippen molar-refractivity contribution >= 4 is 11.4 Å². The zero-order valence-corrected chi connectivity index (χ0v) is 12.6. The van der Waals surface area contributed by atoms with Crippen molar-refractivity contribution in [2.24, 2.45) is 7.05 Å². The van der Waals surface area contributed by atoms with Crippen molar-refractivity contribution in [1.29, 1.82) is 0 Å². The Bertz CT molecular complexity index is 839. The molecule has 1 amide bonds. The van der Waals surface area contributed by atoms with Crippen LogP contribution in [0.1, 0.15) is 23.2 Å². The minimum absolute atomic E-state index is 0.128. The molecule has 0 atom stereocenters. The van der Waals surface area contributed by atoms with E-state index in [2.05, 4.69) is 4.98 Å². The van der Waals surface area contributed by atoms with E-state index in [9.17, 15) is 4.79 Å². The Balaban J connectivity index is 1.87. The van der Waals surface area contributed by atoms with Crippen molar-refractivity contribution in [3.05, 3.63) is 48.5 Å². The molecular weight excluding hydrogens is 276 g/mol. The van der Waals surface area contributed by atoms with Crippen LogP contribution >= 0.6 is 0 Å². The summed E-state index contributed by atoms with van der Waals surface area (Å²) in [6, 6.07) is 7.91. The van der Waals surface area contributed by atoms with Crippen molar-refractivity contribution in [2.45, 2.75) is 12.8 Å². The number of aryl methyl sites for hydroxylation is 1. The van der Waals surface area contributed by atoms with Gasteiger partial charge in [-0.25, -0.2) is 4.98 Å². The van der Waals surface area contributed by atoms with E-state index in [1.54, 1.807) is 6.33 Å². The molecule has 0 spiro atoms. The van der Waals surface area contributed by atoms with E-state index in [-0.39, 0.29) is 5.91 Å². The summed E-state index contributed by atoms with van der Waals surface area (Å²) in [6.07, 6.45) is 7.94. The number of imidazole rings is 1. The quantitative estimate of drug-likeness (QED) is 0.729. The topological polar surface area (TPSA) is 42.5 Å². The number of hydrogen-bond donors (Lipinski definition) is 0. The summed E-state index contributed by atoms with van der Waals surface area (Å²) < 4.78 is 3.96. The first kappa shape index (κ1) is 13.1. The predicted molar refractivity (Wildman–Crippen MR) is 84.7 cm³/mol. The Morgan fingerprint density at radius 2 is 2.05 bits per heavy atom.